The first kappa shape index (κ1) is 18.4. The molecule has 1 heteroatoms. The van der Waals surface area contributed by atoms with Crippen molar-refractivity contribution in [3.63, 3.8) is 0 Å². The number of rotatable bonds is 7. The average Bonchev–Trinajstić information content (AvgIpc) is 2.77. The van der Waals surface area contributed by atoms with Crippen molar-refractivity contribution in [1.82, 2.24) is 4.98 Å². The van der Waals surface area contributed by atoms with Crippen molar-refractivity contribution in [1.29, 1.82) is 0 Å². The number of hydrogen-bond donors (Lipinski definition) is 0. The van der Waals surface area contributed by atoms with E-state index in [-0.39, 0.29) is 0 Å². The number of aryl methyl sites for hydroxylation is 1. The third kappa shape index (κ3) is 4.14. The molecule has 0 aliphatic rings. The minimum Gasteiger partial charge on any atom is -0.256 e. The molecule has 1 nitrogen and oxygen atoms in total. The van der Waals surface area contributed by atoms with Gasteiger partial charge in [-0.05, 0) is 47.1 Å². The van der Waals surface area contributed by atoms with Crippen LogP contribution in [-0.2, 0) is 6.42 Å². The maximum atomic E-state index is 4.67. The Hall–Kier alpha value is -2.93. The highest BCUT2D eigenvalue weighted by molar-refractivity contribution is 5.95. The molecule has 0 saturated carbocycles. The van der Waals surface area contributed by atoms with Gasteiger partial charge >= 0.3 is 0 Å². The number of aromatic nitrogens is 1. The number of hydrogen-bond acceptors (Lipinski definition) is 1. The van der Waals surface area contributed by atoms with Gasteiger partial charge in [0.15, 0.2) is 0 Å². The largest absolute Gasteiger partial charge is 0.256 e. The maximum Gasteiger partial charge on any atom is 0.0780 e. The van der Waals surface area contributed by atoms with Crippen molar-refractivity contribution in [2.75, 3.05) is 0 Å². The lowest BCUT2D eigenvalue weighted by Gasteiger charge is -2.09. The van der Waals surface area contributed by atoms with Gasteiger partial charge in [-0.2, -0.15) is 0 Å². The zero-order valence-electron chi connectivity index (χ0n) is 16.6. The van der Waals surface area contributed by atoms with Crippen molar-refractivity contribution in [2.45, 2.75) is 39.0 Å². The fourth-order valence-electron chi connectivity index (χ4n) is 3.82. The van der Waals surface area contributed by atoms with Gasteiger partial charge < -0.3 is 0 Å². The van der Waals surface area contributed by atoms with Gasteiger partial charge in [-0.1, -0.05) is 92.9 Å². The predicted octanol–water partition coefficient (Wildman–Crippen LogP) is 7.69. The van der Waals surface area contributed by atoms with Crippen molar-refractivity contribution < 1.29 is 0 Å². The number of nitrogens with zero attached hydrogens (tertiary/aromatic N) is 1. The van der Waals surface area contributed by atoms with E-state index < -0.39 is 0 Å². The lowest BCUT2D eigenvalue weighted by Crippen LogP contribution is -1.88. The first-order chi connectivity index (χ1) is 13.8. The Labute approximate surface area is 168 Å². The maximum absolute atomic E-state index is 4.67. The minimum atomic E-state index is 1.05. The second-order valence-electron chi connectivity index (χ2n) is 7.47. The van der Waals surface area contributed by atoms with Crippen LogP contribution < -0.4 is 0 Å². The minimum absolute atomic E-state index is 1.05. The lowest BCUT2D eigenvalue weighted by atomic mass is 9.97. The highest BCUT2D eigenvalue weighted by Gasteiger charge is 2.07. The molecule has 0 bridgehead atoms. The molecule has 28 heavy (non-hydrogen) atoms. The lowest BCUT2D eigenvalue weighted by molar-refractivity contribution is 0.667. The summed E-state index contributed by atoms with van der Waals surface area (Å²) in [7, 11) is 0. The van der Waals surface area contributed by atoms with Crippen LogP contribution in [0, 0.1) is 0 Å². The molecular weight excluding hydrogens is 338 g/mol. The molecule has 0 atom stereocenters. The molecule has 0 aliphatic carbocycles. The number of unbranched alkanes of at least 4 members (excludes halogenated alkanes) is 3. The number of pyridine rings is 1. The van der Waals surface area contributed by atoms with E-state index >= 15 is 0 Å². The van der Waals surface area contributed by atoms with E-state index in [1.807, 2.05) is 6.20 Å². The molecule has 0 spiro atoms. The number of fused-ring (bicyclic) bond motifs is 1. The molecule has 3 aromatic carbocycles. The third-order valence-corrected chi connectivity index (χ3v) is 5.42. The van der Waals surface area contributed by atoms with E-state index in [0.717, 1.165) is 11.3 Å². The van der Waals surface area contributed by atoms with Crippen LogP contribution in [0.1, 0.15) is 38.2 Å². The van der Waals surface area contributed by atoms with E-state index in [9.17, 15) is 0 Å². The van der Waals surface area contributed by atoms with Gasteiger partial charge in [-0.25, -0.2) is 0 Å². The van der Waals surface area contributed by atoms with Gasteiger partial charge in [0, 0.05) is 17.1 Å². The summed E-state index contributed by atoms with van der Waals surface area (Å²) in [6.07, 6.45) is 8.33. The Morgan fingerprint density at radius 1 is 0.679 bits per heavy atom. The molecule has 0 saturated heterocycles. The second-order valence-corrected chi connectivity index (χ2v) is 7.47. The van der Waals surface area contributed by atoms with Gasteiger partial charge in [0.25, 0.3) is 0 Å². The van der Waals surface area contributed by atoms with E-state index in [2.05, 4.69) is 90.8 Å². The summed E-state index contributed by atoms with van der Waals surface area (Å²) >= 11 is 0. The Morgan fingerprint density at radius 3 is 2.36 bits per heavy atom. The van der Waals surface area contributed by atoms with Gasteiger partial charge in [0.1, 0.15) is 0 Å². The van der Waals surface area contributed by atoms with Gasteiger partial charge in [0.2, 0.25) is 0 Å². The SMILES string of the molecule is CCCCCCc1ccc(-c2cccc(-c3nccc4ccccc34)c2)cc1. The van der Waals surface area contributed by atoms with E-state index in [0.29, 0.717) is 0 Å². The van der Waals surface area contributed by atoms with Crippen LogP contribution in [0.3, 0.4) is 0 Å². The summed E-state index contributed by atoms with van der Waals surface area (Å²) in [6.45, 7) is 2.26. The van der Waals surface area contributed by atoms with Crippen LogP contribution in [-0.4, -0.2) is 4.98 Å². The fourth-order valence-corrected chi connectivity index (χ4v) is 3.82. The highest BCUT2D eigenvalue weighted by atomic mass is 14.7. The van der Waals surface area contributed by atoms with Crippen molar-refractivity contribution in [2.24, 2.45) is 0 Å². The fraction of sp³-hybridized carbons (Fsp3) is 0.222. The molecule has 0 unspecified atom stereocenters. The molecule has 0 amide bonds. The van der Waals surface area contributed by atoms with Gasteiger partial charge in [-0.15, -0.1) is 0 Å². The normalized spacial score (nSPS) is 11.0. The van der Waals surface area contributed by atoms with Crippen molar-refractivity contribution in [3.8, 4) is 22.4 Å². The third-order valence-electron chi connectivity index (χ3n) is 5.42. The molecule has 0 N–H and O–H groups in total. The Kier molecular flexibility index (Phi) is 5.82. The molecule has 0 aliphatic heterocycles. The summed E-state index contributed by atoms with van der Waals surface area (Å²) < 4.78 is 0. The zero-order valence-corrected chi connectivity index (χ0v) is 16.6. The zero-order chi connectivity index (χ0) is 19.2. The van der Waals surface area contributed by atoms with Gasteiger partial charge in [0.05, 0.1) is 5.69 Å². The van der Waals surface area contributed by atoms with Crippen molar-refractivity contribution >= 4 is 10.8 Å². The Bertz CT molecular complexity index is 1040. The van der Waals surface area contributed by atoms with Crippen LogP contribution in [0.4, 0.5) is 0 Å². The molecule has 4 rings (SSSR count). The van der Waals surface area contributed by atoms with Crippen LogP contribution in [0.5, 0.6) is 0 Å². The molecule has 4 aromatic rings. The summed E-state index contributed by atoms with van der Waals surface area (Å²) in [5.74, 6) is 0. The van der Waals surface area contributed by atoms with Crippen LogP contribution in [0.15, 0.2) is 85.1 Å². The standard InChI is InChI=1S/C27H27N/c1-2-3-4-5-9-21-14-16-22(17-15-21)24-11-8-12-25(20-24)27-26-13-7-6-10-23(26)18-19-28-27/h6-8,10-20H,2-5,9H2,1H3. The Morgan fingerprint density at radius 2 is 1.50 bits per heavy atom. The van der Waals surface area contributed by atoms with Crippen LogP contribution in [0.25, 0.3) is 33.2 Å². The average molecular weight is 366 g/mol. The molecule has 0 radical (unpaired) electrons. The molecule has 1 heterocycles. The monoisotopic (exact) mass is 365 g/mol. The molecule has 1 aromatic heterocycles. The topological polar surface area (TPSA) is 12.9 Å². The second kappa shape index (κ2) is 8.84. The van der Waals surface area contributed by atoms with E-state index in [1.54, 1.807) is 0 Å². The first-order valence-corrected chi connectivity index (χ1v) is 10.4. The van der Waals surface area contributed by atoms with Gasteiger partial charge in [-0.3, -0.25) is 4.98 Å². The highest BCUT2D eigenvalue weighted by Crippen LogP contribution is 2.30. The summed E-state index contributed by atoms with van der Waals surface area (Å²) in [5, 5.41) is 2.43. The molecular formula is C27H27N. The summed E-state index contributed by atoms with van der Waals surface area (Å²) in [4.78, 5) is 4.67. The Balaban J connectivity index is 1.59. The quantitative estimate of drug-likeness (QED) is 0.306. The van der Waals surface area contributed by atoms with E-state index in [4.69, 9.17) is 0 Å². The first-order valence-electron chi connectivity index (χ1n) is 10.4. The predicted molar refractivity (Wildman–Crippen MR) is 120 cm³/mol. The summed E-state index contributed by atoms with van der Waals surface area (Å²) in [5.41, 5.74) is 6.15. The van der Waals surface area contributed by atoms with E-state index in [1.165, 1.54) is 59.6 Å². The van der Waals surface area contributed by atoms with Crippen molar-refractivity contribution in [3.05, 3.63) is 90.6 Å². The number of benzene rings is 3. The summed E-state index contributed by atoms with van der Waals surface area (Å²) in [6, 6.07) is 28.3. The molecule has 0 fully saturated rings. The molecule has 140 valence electrons. The van der Waals surface area contributed by atoms with Crippen LogP contribution in [0.2, 0.25) is 0 Å². The van der Waals surface area contributed by atoms with Crippen LogP contribution >= 0.6 is 0 Å². The smallest absolute Gasteiger partial charge is 0.0780 e.